The molecule has 1 saturated heterocycles. The van der Waals surface area contributed by atoms with Gasteiger partial charge in [0, 0.05) is 32.2 Å². The number of amides is 1. The Labute approximate surface area is 157 Å². The highest BCUT2D eigenvalue weighted by molar-refractivity contribution is 5.85. The summed E-state index contributed by atoms with van der Waals surface area (Å²) in [5.74, 6) is 0.106. The van der Waals surface area contributed by atoms with Crippen molar-refractivity contribution in [3.05, 3.63) is 35.9 Å². The quantitative estimate of drug-likeness (QED) is 0.881. The fraction of sp³-hybridized carbons (Fsp3) is 0.611. The van der Waals surface area contributed by atoms with Gasteiger partial charge in [-0.25, -0.2) is 0 Å². The molecule has 0 spiro atoms. The minimum Gasteiger partial charge on any atom is -0.339 e. The van der Waals surface area contributed by atoms with Crippen LogP contribution in [-0.2, 0) is 11.2 Å². The Morgan fingerprint density at radius 3 is 2.21 bits per heavy atom. The number of hydrogen-bond acceptors (Lipinski definition) is 3. The van der Waals surface area contributed by atoms with Crippen molar-refractivity contribution >= 4 is 30.7 Å². The molecule has 0 radical (unpaired) electrons. The molecule has 24 heavy (non-hydrogen) atoms. The monoisotopic (exact) mass is 373 g/mol. The average Bonchev–Trinajstić information content (AvgIpc) is 3.10. The number of carbonyl (C=O) groups excluding carboxylic acids is 1. The van der Waals surface area contributed by atoms with Crippen molar-refractivity contribution in [3.63, 3.8) is 0 Å². The van der Waals surface area contributed by atoms with E-state index in [1.54, 1.807) is 0 Å². The number of halogens is 2. The van der Waals surface area contributed by atoms with Crippen LogP contribution in [0, 0.1) is 0 Å². The summed E-state index contributed by atoms with van der Waals surface area (Å²) < 4.78 is 0. The van der Waals surface area contributed by atoms with Crippen LogP contribution in [0.2, 0.25) is 0 Å². The van der Waals surface area contributed by atoms with Crippen molar-refractivity contribution in [2.75, 3.05) is 26.2 Å². The van der Waals surface area contributed by atoms with Crippen molar-refractivity contribution in [1.82, 2.24) is 9.80 Å². The van der Waals surface area contributed by atoms with E-state index in [1.807, 2.05) is 35.2 Å². The Morgan fingerprint density at radius 2 is 1.62 bits per heavy atom. The second kappa shape index (κ2) is 10.2. The van der Waals surface area contributed by atoms with Crippen molar-refractivity contribution in [2.24, 2.45) is 5.73 Å². The summed E-state index contributed by atoms with van der Waals surface area (Å²) in [7, 11) is 0. The minimum absolute atomic E-state index is 0. The van der Waals surface area contributed by atoms with Crippen molar-refractivity contribution in [1.29, 1.82) is 0 Å². The second-order valence-corrected chi connectivity index (χ2v) is 6.60. The Balaban J connectivity index is 0.00000144. The van der Waals surface area contributed by atoms with Gasteiger partial charge >= 0.3 is 0 Å². The van der Waals surface area contributed by atoms with E-state index in [9.17, 15) is 4.79 Å². The number of hydrogen-bond donors (Lipinski definition) is 1. The molecule has 0 unspecified atom stereocenters. The number of benzene rings is 1. The predicted molar refractivity (Wildman–Crippen MR) is 103 cm³/mol. The molecule has 1 aliphatic carbocycles. The van der Waals surface area contributed by atoms with Crippen LogP contribution in [0.5, 0.6) is 0 Å². The Hall–Kier alpha value is -0.810. The first kappa shape index (κ1) is 21.2. The fourth-order valence-electron chi connectivity index (χ4n) is 3.77. The molecular weight excluding hydrogens is 345 g/mol. The van der Waals surface area contributed by atoms with Crippen LogP contribution in [0.4, 0.5) is 0 Å². The van der Waals surface area contributed by atoms with Crippen molar-refractivity contribution in [2.45, 2.75) is 44.2 Å². The van der Waals surface area contributed by atoms with E-state index in [0.717, 1.165) is 37.8 Å². The van der Waals surface area contributed by atoms with Gasteiger partial charge in [0.25, 0.3) is 0 Å². The third-order valence-corrected chi connectivity index (χ3v) is 5.08. The lowest BCUT2D eigenvalue weighted by atomic mass is 10.1. The van der Waals surface area contributed by atoms with E-state index in [1.165, 1.54) is 25.7 Å². The summed E-state index contributed by atoms with van der Waals surface area (Å²) >= 11 is 0. The van der Waals surface area contributed by atoms with E-state index in [4.69, 9.17) is 5.73 Å². The van der Waals surface area contributed by atoms with Gasteiger partial charge in [0.05, 0.1) is 6.04 Å². The summed E-state index contributed by atoms with van der Waals surface area (Å²) in [6.07, 6.45) is 6.03. The van der Waals surface area contributed by atoms with Gasteiger partial charge in [0.15, 0.2) is 0 Å². The third-order valence-electron chi connectivity index (χ3n) is 5.08. The Bertz CT molecular complexity index is 486. The zero-order valence-corrected chi connectivity index (χ0v) is 15.7. The first-order valence-electron chi connectivity index (χ1n) is 8.56. The Morgan fingerprint density at radius 1 is 1.04 bits per heavy atom. The highest BCUT2D eigenvalue weighted by Crippen LogP contribution is 2.24. The molecule has 6 heteroatoms. The molecule has 136 valence electrons. The number of nitrogens with zero attached hydrogens (tertiary/aromatic N) is 2. The lowest BCUT2D eigenvalue weighted by Gasteiger charge is -2.38. The maximum Gasteiger partial charge on any atom is 0.239 e. The molecule has 4 nitrogen and oxygen atoms in total. The largest absolute Gasteiger partial charge is 0.339 e. The van der Waals surface area contributed by atoms with Crippen molar-refractivity contribution in [3.8, 4) is 0 Å². The molecule has 1 aliphatic heterocycles. The molecule has 2 N–H and O–H groups in total. The maximum absolute atomic E-state index is 12.5. The van der Waals surface area contributed by atoms with E-state index in [0.29, 0.717) is 6.42 Å². The zero-order valence-electron chi connectivity index (χ0n) is 14.1. The minimum atomic E-state index is -0.416. The van der Waals surface area contributed by atoms with Crippen LogP contribution in [0.1, 0.15) is 31.2 Å². The molecule has 1 amide bonds. The first-order chi connectivity index (χ1) is 10.7. The fourth-order valence-corrected chi connectivity index (χ4v) is 3.77. The molecule has 1 aromatic carbocycles. The molecule has 1 atom stereocenters. The van der Waals surface area contributed by atoms with Crippen LogP contribution in [0.3, 0.4) is 0 Å². The predicted octanol–water partition coefficient (Wildman–Crippen LogP) is 2.49. The molecule has 1 heterocycles. The van der Waals surface area contributed by atoms with E-state index in [2.05, 4.69) is 4.90 Å². The first-order valence-corrected chi connectivity index (χ1v) is 8.56. The third kappa shape index (κ3) is 5.35. The normalized spacial score (nSPS) is 20.1. The van der Waals surface area contributed by atoms with Crippen LogP contribution in [0.25, 0.3) is 0 Å². The summed E-state index contributed by atoms with van der Waals surface area (Å²) in [5, 5.41) is 0. The van der Waals surface area contributed by atoms with Crippen molar-refractivity contribution < 1.29 is 4.79 Å². The van der Waals surface area contributed by atoms with E-state index >= 15 is 0 Å². The molecule has 2 aliphatic rings. The molecule has 0 aromatic heterocycles. The number of piperazine rings is 1. The summed E-state index contributed by atoms with van der Waals surface area (Å²) in [6, 6.07) is 10.4. The SMILES string of the molecule is Cl.Cl.N[C@@H](Cc1ccccc1)C(=O)N1CCN(C2CCCC2)CC1. The van der Waals surface area contributed by atoms with Gasteiger partial charge in [-0.05, 0) is 24.8 Å². The van der Waals surface area contributed by atoms with Gasteiger partial charge < -0.3 is 10.6 Å². The summed E-state index contributed by atoms with van der Waals surface area (Å²) in [4.78, 5) is 17.0. The van der Waals surface area contributed by atoms with Gasteiger partial charge in [-0.15, -0.1) is 24.8 Å². The second-order valence-electron chi connectivity index (χ2n) is 6.60. The van der Waals surface area contributed by atoms with Crippen LogP contribution < -0.4 is 5.73 Å². The molecule has 2 fully saturated rings. The highest BCUT2D eigenvalue weighted by atomic mass is 35.5. The average molecular weight is 374 g/mol. The van der Waals surface area contributed by atoms with Gasteiger partial charge in [0.2, 0.25) is 5.91 Å². The summed E-state index contributed by atoms with van der Waals surface area (Å²) in [6.45, 7) is 3.68. The molecule has 1 aromatic rings. The summed E-state index contributed by atoms with van der Waals surface area (Å²) in [5.41, 5.74) is 7.26. The van der Waals surface area contributed by atoms with E-state index in [-0.39, 0.29) is 30.7 Å². The van der Waals surface area contributed by atoms with Gasteiger partial charge in [-0.1, -0.05) is 43.2 Å². The molecule has 3 rings (SSSR count). The number of nitrogens with two attached hydrogens (primary N) is 1. The molecule has 0 bridgehead atoms. The zero-order chi connectivity index (χ0) is 15.4. The topological polar surface area (TPSA) is 49.6 Å². The standard InChI is InChI=1S/C18H27N3O.2ClH/c19-17(14-15-6-2-1-3-7-15)18(22)21-12-10-20(11-13-21)16-8-4-5-9-16;;/h1-3,6-7,16-17H,4-5,8-14,19H2;2*1H/t17-;;/m0../s1. The smallest absolute Gasteiger partial charge is 0.239 e. The van der Waals surface area contributed by atoms with Crippen LogP contribution in [0.15, 0.2) is 30.3 Å². The lowest BCUT2D eigenvalue weighted by molar-refractivity contribution is -0.134. The van der Waals surface area contributed by atoms with Crippen LogP contribution in [-0.4, -0.2) is 54.0 Å². The van der Waals surface area contributed by atoms with Gasteiger partial charge in [-0.3, -0.25) is 9.69 Å². The maximum atomic E-state index is 12.5. The number of carbonyl (C=O) groups is 1. The highest BCUT2D eigenvalue weighted by Gasteiger charge is 2.29. The Kier molecular flexibility index (Phi) is 9.06. The molecule has 1 saturated carbocycles. The van der Waals surface area contributed by atoms with E-state index < -0.39 is 6.04 Å². The van der Waals surface area contributed by atoms with Gasteiger partial charge in [-0.2, -0.15) is 0 Å². The van der Waals surface area contributed by atoms with Crippen LogP contribution >= 0.6 is 24.8 Å². The number of rotatable bonds is 4. The molecular formula is C18H29Cl2N3O. The van der Waals surface area contributed by atoms with Gasteiger partial charge in [0.1, 0.15) is 0 Å². The lowest BCUT2D eigenvalue weighted by Crippen LogP contribution is -2.55.